The van der Waals surface area contributed by atoms with Crippen molar-refractivity contribution in [2.45, 2.75) is 62.6 Å². The van der Waals surface area contributed by atoms with Gasteiger partial charge in [0.2, 0.25) is 5.91 Å². The third-order valence-corrected chi connectivity index (χ3v) is 6.23. The van der Waals surface area contributed by atoms with Gasteiger partial charge in [-0.15, -0.1) is 0 Å². The summed E-state index contributed by atoms with van der Waals surface area (Å²) in [5, 5.41) is 9.78. The highest BCUT2D eigenvalue weighted by Gasteiger charge is 2.44. The van der Waals surface area contributed by atoms with Crippen LogP contribution in [-0.4, -0.2) is 34.0 Å². The number of nitrogens with two attached hydrogens (primary N) is 1. The van der Waals surface area contributed by atoms with Crippen molar-refractivity contribution in [1.29, 1.82) is 0 Å². The summed E-state index contributed by atoms with van der Waals surface area (Å²) >= 11 is 0. The molecule has 3 N–H and O–H groups in total. The maximum Gasteiger partial charge on any atom is 0.239 e. The van der Waals surface area contributed by atoms with Crippen LogP contribution in [0.1, 0.15) is 49.1 Å². The predicted octanol–water partition coefficient (Wildman–Crippen LogP) is 3.59. The van der Waals surface area contributed by atoms with Crippen molar-refractivity contribution in [3.8, 4) is 5.75 Å². The molecule has 1 amide bonds. The molecule has 2 aromatic rings. The number of benzene rings is 2. The number of aryl methyl sites for hydroxylation is 1. The molecule has 0 aliphatic carbocycles. The number of carbonyl (C=O) groups excluding carboxylic acids is 1. The Labute approximate surface area is 161 Å². The van der Waals surface area contributed by atoms with Crippen molar-refractivity contribution in [3.63, 3.8) is 0 Å². The molecule has 2 aliphatic heterocycles. The molecule has 2 fully saturated rings. The Balaban J connectivity index is 1.39. The summed E-state index contributed by atoms with van der Waals surface area (Å²) in [6.07, 6.45) is 5.60. The summed E-state index contributed by atoms with van der Waals surface area (Å²) in [6.45, 7) is 0. The van der Waals surface area contributed by atoms with Gasteiger partial charge in [0.15, 0.2) is 0 Å². The molecule has 2 aromatic carbocycles. The molecule has 142 valence electrons. The highest BCUT2D eigenvalue weighted by Crippen LogP contribution is 2.43. The molecule has 4 heteroatoms. The van der Waals surface area contributed by atoms with Crippen LogP contribution in [0.5, 0.6) is 5.75 Å². The van der Waals surface area contributed by atoms with Crippen molar-refractivity contribution < 1.29 is 9.90 Å². The van der Waals surface area contributed by atoms with Gasteiger partial charge in [-0.25, -0.2) is 0 Å². The second kappa shape index (κ2) is 7.73. The molecule has 0 saturated carbocycles. The molecule has 4 rings (SSSR count). The van der Waals surface area contributed by atoms with Crippen molar-refractivity contribution in [1.82, 2.24) is 4.90 Å². The summed E-state index contributed by atoms with van der Waals surface area (Å²) in [7, 11) is 0. The number of fused-ring (bicyclic) bond motifs is 2. The fourth-order valence-electron chi connectivity index (χ4n) is 4.87. The number of phenols is 1. The molecular weight excluding hydrogens is 336 g/mol. The Morgan fingerprint density at radius 3 is 2.44 bits per heavy atom. The van der Waals surface area contributed by atoms with E-state index in [1.165, 1.54) is 11.1 Å². The molecule has 3 unspecified atom stereocenters. The standard InChI is InChI=1S/C23H28N2O2/c24-22(12-9-16-5-2-1-3-6-16)23(27)25-19-10-11-20(25)14-18(13-19)17-7-4-8-21(26)15-17/h1-8,15,18-20,22,26H,9-14,24H2. The van der Waals surface area contributed by atoms with Crippen LogP contribution in [-0.2, 0) is 11.2 Å². The van der Waals surface area contributed by atoms with Gasteiger partial charge in [-0.3, -0.25) is 4.79 Å². The van der Waals surface area contributed by atoms with E-state index in [4.69, 9.17) is 5.73 Å². The molecule has 27 heavy (non-hydrogen) atoms. The molecule has 0 aromatic heterocycles. The highest BCUT2D eigenvalue weighted by atomic mass is 16.3. The van der Waals surface area contributed by atoms with Crippen LogP contribution in [0.25, 0.3) is 0 Å². The van der Waals surface area contributed by atoms with Gasteiger partial charge >= 0.3 is 0 Å². The van der Waals surface area contributed by atoms with E-state index in [9.17, 15) is 9.90 Å². The van der Waals surface area contributed by atoms with Crippen LogP contribution in [0.15, 0.2) is 54.6 Å². The second-order valence-corrected chi connectivity index (χ2v) is 8.02. The lowest BCUT2D eigenvalue weighted by molar-refractivity contribution is -0.137. The first kappa shape index (κ1) is 18.1. The Kier molecular flexibility index (Phi) is 5.17. The first-order chi connectivity index (χ1) is 13.1. The van der Waals surface area contributed by atoms with Crippen LogP contribution in [0.4, 0.5) is 0 Å². The lowest BCUT2D eigenvalue weighted by Gasteiger charge is -2.40. The van der Waals surface area contributed by atoms with Crippen molar-refractivity contribution >= 4 is 5.91 Å². The van der Waals surface area contributed by atoms with Crippen molar-refractivity contribution in [3.05, 3.63) is 65.7 Å². The van der Waals surface area contributed by atoms with E-state index in [0.29, 0.717) is 18.1 Å². The molecule has 2 heterocycles. The van der Waals surface area contributed by atoms with Gasteiger partial charge in [-0.2, -0.15) is 0 Å². The summed E-state index contributed by atoms with van der Waals surface area (Å²) in [5.41, 5.74) is 8.70. The zero-order valence-corrected chi connectivity index (χ0v) is 15.6. The van der Waals surface area contributed by atoms with Crippen LogP contribution >= 0.6 is 0 Å². The lowest BCUT2D eigenvalue weighted by Crippen LogP contribution is -2.52. The van der Waals surface area contributed by atoms with Gasteiger partial charge in [0.05, 0.1) is 6.04 Å². The summed E-state index contributed by atoms with van der Waals surface area (Å²) in [4.78, 5) is 15.1. The molecule has 3 atom stereocenters. The number of aromatic hydroxyl groups is 1. The number of amides is 1. The summed E-state index contributed by atoms with van der Waals surface area (Å²) < 4.78 is 0. The fraction of sp³-hybridized carbons (Fsp3) is 0.435. The van der Waals surface area contributed by atoms with Gasteiger partial charge in [0, 0.05) is 12.1 Å². The third kappa shape index (κ3) is 3.86. The Hall–Kier alpha value is -2.33. The SMILES string of the molecule is NC(CCc1ccccc1)C(=O)N1C2CCC1CC(c1cccc(O)c1)C2. The van der Waals surface area contributed by atoms with E-state index in [0.717, 1.165) is 32.1 Å². The normalized spacial score (nSPS) is 25.4. The Morgan fingerprint density at radius 1 is 1.07 bits per heavy atom. The molecule has 2 saturated heterocycles. The van der Waals surface area contributed by atoms with E-state index in [1.54, 1.807) is 6.07 Å². The minimum absolute atomic E-state index is 0.118. The topological polar surface area (TPSA) is 66.6 Å². The van der Waals surface area contributed by atoms with Crippen LogP contribution in [0.2, 0.25) is 0 Å². The van der Waals surface area contributed by atoms with Gasteiger partial charge in [0.25, 0.3) is 0 Å². The smallest absolute Gasteiger partial charge is 0.239 e. The van der Waals surface area contributed by atoms with Crippen molar-refractivity contribution in [2.24, 2.45) is 5.73 Å². The van der Waals surface area contributed by atoms with E-state index in [1.807, 2.05) is 30.3 Å². The lowest BCUT2D eigenvalue weighted by atomic mass is 9.84. The van der Waals surface area contributed by atoms with Crippen LogP contribution in [0.3, 0.4) is 0 Å². The predicted molar refractivity (Wildman–Crippen MR) is 106 cm³/mol. The number of hydrogen-bond donors (Lipinski definition) is 2. The number of piperidine rings is 1. The largest absolute Gasteiger partial charge is 0.508 e. The minimum Gasteiger partial charge on any atom is -0.508 e. The van der Waals surface area contributed by atoms with Gasteiger partial charge in [-0.1, -0.05) is 42.5 Å². The molecule has 2 bridgehead atoms. The first-order valence-corrected chi connectivity index (χ1v) is 10.0. The molecule has 4 nitrogen and oxygen atoms in total. The van der Waals surface area contributed by atoms with Gasteiger partial charge < -0.3 is 15.7 Å². The number of phenolic OH excluding ortho intramolecular Hbond substituents is 1. The van der Waals surface area contributed by atoms with E-state index >= 15 is 0 Å². The monoisotopic (exact) mass is 364 g/mol. The number of nitrogens with zero attached hydrogens (tertiary/aromatic N) is 1. The van der Waals surface area contributed by atoms with Crippen LogP contribution < -0.4 is 5.73 Å². The quantitative estimate of drug-likeness (QED) is 0.852. The average molecular weight is 364 g/mol. The maximum absolute atomic E-state index is 13.0. The van der Waals surface area contributed by atoms with Gasteiger partial charge in [0.1, 0.15) is 5.75 Å². The Bertz CT molecular complexity index is 778. The first-order valence-electron chi connectivity index (χ1n) is 10.0. The number of hydrogen-bond acceptors (Lipinski definition) is 3. The zero-order chi connectivity index (χ0) is 18.8. The molecular formula is C23H28N2O2. The second-order valence-electron chi connectivity index (χ2n) is 8.02. The fourth-order valence-corrected chi connectivity index (χ4v) is 4.87. The minimum atomic E-state index is -0.425. The summed E-state index contributed by atoms with van der Waals surface area (Å²) in [5.74, 6) is 0.855. The van der Waals surface area contributed by atoms with Crippen LogP contribution in [0, 0.1) is 0 Å². The molecule has 0 radical (unpaired) electrons. The molecule has 2 aliphatic rings. The Morgan fingerprint density at radius 2 is 1.78 bits per heavy atom. The third-order valence-electron chi connectivity index (χ3n) is 6.23. The van der Waals surface area contributed by atoms with Gasteiger partial charge in [-0.05, 0) is 67.7 Å². The molecule has 0 spiro atoms. The average Bonchev–Trinajstić information content (AvgIpc) is 2.95. The summed E-state index contributed by atoms with van der Waals surface area (Å²) in [6, 6.07) is 17.9. The number of rotatable bonds is 5. The van der Waals surface area contributed by atoms with E-state index in [-0.39, 0.29) is 18.0 Å². The number of carbonyl (C=O) groups is 1. The maximum atomic E-state index is 13.0. The highest BCUT2D eigenvalue weighted by molar-refractivity contribution is 5.82. The zero-order valence-electron chi connectivity index (χ0n) is 15.6. The van der Waals surface area contributed by atoms with E-state index in [2.05, 4.69) is 23.1 Å². The van der Waals surface area contributed by atoms with E-state index < -0.39 is 6.04 Å². The van der Waals surface area contributed by atoms with Crippen molar-refractivity contribution in [2.75, 3.05) is 0 Å².